The summed E-state index contributed by atoms with van der Waals surface area (Å²) in [4.78, 5) is 0. The second kappa shape index (κ2) is 17.5. The number of hydrogen-bond donors (Lipinski definition) is 1. The predicted octanol–water partition coefficient (Wildman–Crippen LogP) is 7.31. The molecule has 5 nitrogen and oxygen atoms in total. The molecule has 5 rings (SSSR count). The molecule has 0 spiro atoms. The molecule has 0 aromatic heterocycles. The van der Waals surface area contributed by atoms with E-state index in [0.29, 0.717) is 19.8 Å². The van der Waals surface area contributed by atoms with Gasteiger partial charge in [0.15, 0.2) is 0 Å². The summed E-state index contributed by atoms with van der Waals surface area (Å²) >= 11 is 0. The van der Waals surface area contributed by atoms with Crippen LogP contribution in [0.1, 0.15) is 37.5 Å². The number of aliphatic hydroxyl groups is 1. The Kier molecular flexibility index (Phi) is 12.9. The lowest BCUT2D eigenvalue weighted by atomic mass is 10.1. The van der Waals surface area contributed by atoms with Gasteiger partial charge < -0.3 is 23.7 Å². The maximum Gasteiger partial charge on any atom is 0.261 e. The SMILES string of the molecule is CC(C)(C)[Si](OC[C@H](OCc1ccccc1)[C@H](OCc1ccccc1)[C@H](O)COCc1ccccc1)(c1ccccc1)c1ccccc1. The van der Waals surface area contributed by atoms with Crippen molar-refractivity contribution >= 4 is 18.7 Å². The van der Waals surface area contributed by atoms with Gasteiger partial charge in [0, 0.05) is 0 Å². The molecule has 0 aliphatic heterocycles. The highest BCUT2D eigenvalue weighted by Crippen LogP contribution is 2.37. The molecule has 250 valence electrons. The first-order valence-electron chi connectivity index (χ1n) is 16.7. The average Bonchev–Trinajstić information content (AvgIpc) is 3.12. The molecule has 48 heavy (non-hydrogen) atoms. The molecule has 0 unspecified atom stereocenters. The van der Waals surface area contributed by atoms with Crippen molar-refractivity contribution in [2.45, 2.75) is 63.9 Å². The second-order valence-electron chi connectivity index (χ2n) is 13.1. The van der Waals surface area contributed by atoms with Gasteiger partial charge in [0.2, 0.25) is 0 Å². The van der Waals surface area contributed by atoms with Gasteiger partial charge in [-0.15, -0.1) is 0 Å². The molecule has 0 amide bonds. The molecule has 0 aliphatic rings. The van der Waals surface area contributed by atoms with E-state index in [1.54, 1.807) is 0 Å². The number of rotatable bonds is 17. The van der Waals surface area contributed by atoms with Gasteiger partial charge in [-0.1, -0.05) is 172 Å². The summed E-state index contributed by atoms with van der Waals surface area (Å²) in [6.45, 7) is 8.12. The Balaban J connectivity index is 1.48. The Morgan fingerprint density at radius 3 is 1.35 bits per heavy atom. The van der Waals surface area contributed by atoms with E-state index in [1.807, 2.05) is 103 Å². The van der Waals surface area contributed by atoms with Gasteiger partial charge in [-0.2, -0.15) is 0 Å². The van der Waals surface area contributed by atoms with E-state index in [2.05, 4.69) is 69.3 Å². The lowest BCUT2D eigenvalue weighted by molar-refractivity contribution is -0.156. The van der Waals surface area contributed by atoms with Crippen LogP contribution in [0.2, 0.25) is 5.04 Å². The number of benzene rings is 5. The maximum absolute atomic E-state index is 11.8. The molecule has 5 aromatic rings. The van der Waals surface area contributed by atoms with E-state index in [1.165, 1.54) is 10.4 Å². The highest BCUT2D eigenvalue weighted by atomic mass is 28.4. The van der Waals surface area contributed by atoms with Crippen molar-refractivity contribution < 1.29 is 23.7 Å². The van der Waals surface area contributed by atoms with E-state index in [-0.39, 0.29) is 18.3 Å². The van der Waals surface area contributed by atoms with Crippen LogP contribution in [0.25, 0.3) is 0 Å². The van der Waals surface area contributed by atoms with Crippen molar-refractivity contribution in [3.8, 4) is 0 Å². The molecule has 0 heterocycles. The van der Waals surface area contributed by atoms with Crippen LogP contribution in [0, 0.1) is 0 Å². The zero-order valence-corrected chi connectivity index (χ0v) is 29.3. The van der Waals surface area contributed by atoms with E-state index in [0.717, 1.165) is 16.7 Å². The summed E-state index contributed by atoms with van der Waals surface area (Å²) in [5, 5.41) is 13.9. The van der Waals surface area contributed by atoms with Crippen molar-refractivity contribution in [1.29, 1.82) is 0 Å². The van der Waals surface area contributed by atoms with Crippen LogP contribution >= 0.6 is 0 Å². The van der Waals surface area contributed by atoms with E-state index >= 15 is 0 Å². The fourth-order valence-corrected chi connectivity index (χ4v) is 10.8. The van der Waals surface area contributed by atoms with Gasteiger partial charge in [-0.25, -0.2) is 0 Å². The van der Waals surface area contributed by atoms with Crippen molar-refractivity contribution in [3.05, 3.63) is 168 Å². The highest BCUT2D eigenvalue weighted by molar-refractivity contribution is 6.99. The van der Waals surface area contributed by atoms with E-state index in [4.69, 9.17) is 18.6 Å². The molecule has 1 N–H and O–H groups in total. The summed E-state index contributed by atoms with van der Waals surface area (Å²) in [5.74, 6) is 0. The van der Waals surface area contributed by atoms with Gasteiger partial charge in [0.25, 0.3) is 8.32 Å². The highest BCUT2D eigenvalue weighted by Gasteiger charge is 2.51. The minimum atomic E-state index is -2.91. The summed E-state index contributed by atoms with van der Waals surface area (Å²) in [6.07, 6.45) is -2.31. The van der Waals surface area contributed by atoms with Crippen LogP contribution in [0.3, 0.4) is 0 Å². The second-order valence-corrected chi connectivity index (χ2v) is 17.4. The molecular weight excluding hydrogens is 613 g/mol. The minimum absolute atomic E-state index is 0.0821. The van der Waals surface area contributed by atoms with Gasteiger partial charge in [-0.3, -0.25) is 0 Å². The lowest BCUT2D eigenvalue weighted by Gasteiger charge is -2.44. The molecular formula is C42H48O5Si. The number of aliphatic hydroxyl groups excluding tert-OH is 1. The third-order valence-electron chi connectivity index (χ3n) is 8.62. The van der Waals surface area contributed by atoms with Crippen LogP contribution in [0.4, 0.5) is 0 Å². The van der Waals surface area contributed by atoms with Gasteiger partial charge in [-0.05, 0) is 32.1 Å². The van der Waals surface area contributed by atoms with Crippen molar-refractivity contribution in [3.63, 3.8) is 0 Å². The van der Waals surface area contributed by atoms with E-state index < -0.39 is 26.6 Å². The smallest absolute Gasteiger partial charge is 0.261 e. The number of ether oxygens (including phenoxy) is 3. The molecule has 5 aromatic carbocycles. The normalized spacial score (nSPS) is 13.9. The van der Waals surface area contributed by atoms with Crippen LogP contribution in [0.15, 0.2) is 152 Å². The lowest BCUT2D eigenvalue weighted by Crippen LogP contribution is -2.67. The minimum Gasteiger partial charge on any atom is -0.405 e. The molecule has 0 aliphatic carbocycles. The molecule has 6 heteroatoms. The number of hydrogen-bond acceptors (Lipinski definition) is 5. The predicted molar refractivity (Wildman–Crippen MR) is 196 cm³/mol. The molecule has 0 saturated heterocycles. The Hall–Kier alpha value is -3.88. The Morgan fingerprint density at radius 1 is 0.521 bits per heavy atom. The quantitative estimate of drug-likeness (QED) is 0.106. The van der Waals surface area contributed by atoms with Crippen molar-refractivity contribution in [2.75, 3.05) is 13.2 Å². The topological polar surface area (TPSA) is 57.2 Å². The standard InChI is InChI=1S/C42H48O5Si/c1-42(2,3)48(37-25-15-7-16-26-37,38-27-17-8-18-28-38)47-33-40(45-30-35-21-11-5-12-22-35)41(46-31-36-23-13-6-14-24-36)39(43)32-44-29-34-19-9-4-10-20-34/h4-28,39-41,43H,29-33H2,1-3H3/t39-,40+,41-/m1/s1. The molecule has 0 saturated carbocycles. The van der Waals surface area contributed by atoms with Crippen molar-refractivity contribution in [1.82, 2.24) is 0 Å². The van der Waals surface area contributed by atoms with Crippen LogP contribution in [-0.2, 0) is 38.5 Å². The Labute approximate surface area is 287 Å². The molecule has 0 radical (unpaired) electrons. The van der Waals surface area contributed by atoms with Crippen molar-refractivity contribution in [2.24, 2.45) is 0 Å². The van der Waals surface area contributed by atoms with Crippen LogP contribution in [-0.4, -0.2) is 44.9 Å². The van der Waals surface area contributed by atoms with Gasteiger partial charge >= 0.3 is 0 Å². The molecule has 3 atom stereocenters. The first kappa shape index (κ1) is 35.4. The first-order chi connectivity index (χ1) is 23.4. The summed E-state index contributed by atoms with van der Waals surface area (Å²) in [5.41, 5.74) is 3.08. The zero-order chi connectivity index (χ0) is 33.7. The molecule has 0 fully saturated rings. The van der Waals surface area contributed by atoms with Gasteiger partial charge in [0.1, 0.15) is 18.3 Å². The Bertz CT molecular complexity index is 1560. The average molecular weight is 661 g/mol. The third-order valence-corrected chi connectivity index (χ3v) is 13.6. The fraction of sp³-hybridized carbons (Fsp3) is 0.286. The monoisotopic (exact) mass is 660 g/mol. The third kappa shape index (κ3) is 9.38. The van der Waals surface area contributed by atoms with Gasteiger partial charge in [0.05, 0.1) is 33.0 Å². The first-order valence-corrected chi connectivity index (χ1v) is 18.6. The molecule has 0 bridgehead atoms. The van der Waals surface area contributed by atoms with Crippen LogP contribution in [0.5, 0.6) is 0 Å². The van der Waals surface area contributed by atoms with E-state index in [9.17, 15) is 5.11 Å². The summed E-state index contributed by atoms with van der Waals surface area (Å²) in [7, 11) is -2.91. The zero-order valence-electron chi connectivity index (χ0n) is 28.3. The summed E-state index contributed by atoms with van der Waals surface area (Å²) < 4.78 is 26.7. The Morgan fingerprint density at radius 2 is 0.917 bits per heavy atom. The maximum atomic E-state index is 11.8. The van der Waals surface area contributed by atoms with Crippen LogP contribution < -0.4 is 10.4 Å². The summed E-state index contributed by atoms with van der Waals surface area (Å²) in [6, 6.07) is 51.2. The fourth-order valence-electron chi connectivity index (χ4n) is 6.18. The largest absolute Gasteiger partial charge is 0.405 e.